The zero-order valence-corrected chi connectivity index (χ0v) is 42.3. The molecule has 358 valence electrons. The number of hydrogen-bond acceptors (Lipinski definition) is 2. The molecule has 0 fully saturated rings. The predicted molar refractivity (Wildman–Crippen MR) is 321 cm³/mol. The Hall–Kier alpha value is -9.70. The summed E-state index contributed by atoms with van der Waals surface area (Å²) in [6, 6.07) is 101. The summed E-state index contributed by atoms with van der Waals surface area (Å²) in [4.78, 5) is 4.89. The van der Waals surface area contributed by atoms with Crippen molar-refractivity contribution in [1.82, 2.24) is 4.57 Å². The summed E-state index contributed by atoms with van der Waals surface area (Å²) in [5.41, 5.74) is 23.8. The summed E-state index contributed by atoms with van der Waals surface area (Å²) in [5, 5.41) is 6.24. The minimum atomic E-state index is -0.304. The highest BCUT2D eigenvalue weighted by Gasteiger charge is 2.37. The van der Waals surface area contributed by atoms with Gasteiger partial charge in [0.2, 0.25) is 0 Å². The summed E-state index contributed by atoms with van der Waals surface area (Å²) in [5.74, 6) is 0. The normalized spacial score (nSPS) is 12.7. The number of hydrogen-bond donors (Lipinski definition) is 0. The summed E-state index contributed by atoms with van der Waals surface area (Å²) in [7, 11) is 0. The fourth-order valence-corrected chi connectivity index (χ4v) is 12.7. The van der Waals surface area contributed by atoms with E-state index in [1.54, 1.807) is 0 Å². The number of anilines is 6. The summed E-state index contributed by atoms with van der Waals surface area (Å²) in [6.45, 7) is 4.80. The molecular formula is C73H51N3. The lowest BCUT2D eigenvalue weighted by Gasteiger charge is -2.29. The second-order valence-electron chi connectivity index (χ2n) is 20.9. The van der Waals surface area contributed by atoms with Gasteiger partial charge in [0, 0.05) is 61.4 Å². The van der Waals surface area contributed by atoms with E-state index in [2.05, 4.69) is 301 Å². The van der Waals surface area contributed by atoms with Crippen LogP contribution in [0, 0.1) is 0 Å². The molecule has 1 heterocycles. The Morgan fingerprint density at radius 2 is 0.842 bits per heavy atom. The lowest BCUT2D eigenvalue weighted by atomic mass is 9.82. The van der Waals surface area contributed by atoms with Crippen molar-refractivity contribution in [2.24, 2.45) is 0 Å². The van der Waals surface area contributed by atoms with Crippen LogP contribution in [0.5, 0.6) is 0 Å². The lowest BCUT2D eigenvalue weighted by molar-refractivity contribution is 0.660. The first-order chi connectivity index (χ1) is 37.5. The van der Waals surface area contributed by atoms with Gasteiger partial charge in [-0.1, -0.05) is 202 Å². The second-order valence-corrected chi connectivity index (χ2v) is 20.9. The Kier molecular flexibility index (Phi) is 9.92. The molecule has 0 N–H and O–H groups in total. The van der Waals surface area contributed by atoms with Crippen molar-refractivity contribution in [3.8, 4) is 61.5 Å². The molecule has 13 aromatic rings. The SMILES string of the molecule is CC1(C)c2cc(N(c3ccc(-c4ccccc4)cc3)c3ccc4c(c3)c3c(n4-c4cccc(-c5ccccc5)c4)-c4cccc5cccc-3c45)ccc2-c2ccc(N(c3ccccc3)c3cccc4ccccc34)cc21. The Labute approximate surface area is 443 Å². The van der Waals surface area contributed by atoms with E-state index in [0.717, 1.165) is 39.8 Å². The van der Waals surface area contributed by atoms with E-state index in [1.165, 1.54) is 99.3 Å². The summed E-state index contributed by atoms with van der Waals surface area (Å²) < 4.78 is 2.51. The van der Waals surface area contributed by atoms with E-state index in [9.17, 15) is 0 Å². The van der Waals surface area contributed by atoms with Crippen LogP contribution in [-0.4, -0.2) is 4.57 Å². The zero-order valence-electron chi connectivity index (χ0n) is 42.3. The van der Waals surface area contributed by atoms with Crippen LogP contribution < -0.4 is 9.80 Å². The van der Waals surface area contributed by atoms with Crippen LogP contribution in [0.4, 0.5) is 34.1 Å². The fraction of sp³-hybridized carbons (Fsp3) is 0.0411. The number of benzene rings is 12. The van der Waals surface area contributed by atoms with Crippen molar-refractivity contribution < 1.29 is 0 Å². The molecule has 76 heavy (non-hydrogen) atoms. The standard InChI is InChI=1S/C73H51N3/c1-73(2)66-46-58(38-41-61(66)62-42-39-59(47-67(62)73)75(54-27-10-5-11-28-54)68-33-17-23-51-22-12-13-30-60(51)68)74(55-36-34-50(35-37-55)48-18-6-3-7-19-48)57-40-43-69-65(45-57)71-63-31-15-24-52-25-16-32-64(70(52)63)72(71)76(69)56-29-14-26-53(44-56)49-20-8-4-9-21-49/h3-47H,1-2H3. The minimum absolute atomic E-state index is 0.304. The Morgan fingerprint density at radius 3 is 1.57 bits per heavy atom. The van der Waals surface area contributed by atoms with Gasteiger partial charge in [0.05, 0.1) is 16.9 Å². The fourth-order valence-electron chi connectivity index (χ4n) is 12.7. The molecule has 0 radical (unpaired) electrons. The Balaban J connectivity index is 0.900. The van der Waals surface area contributed by atoms with E-state index in [4.69, 9.17) is 0 Å². The van der Waals surface area contributed by atoms with E-state index in [1.807, 2.05) is 0 Å². The van der Waals surface area contributed by atoms with Gasteiger partial charge >= 0.3 is 0 Å². The van der Waals surface area contributed by atoms with Crippen molar-refractivity contribution >= 4 is 66.6 Å². The van der Waals surface area contributed by atoms with Crippen LogP contribution >= 0.6 is 0 Å². The van der Waals surface area contributed by atoms with Crippen LogP contribution in [-0.2, 0) is 5.41 Å². The molecule has 0 atom stereocenters. The molecule has 3 nitrogen and oxygen atoms in total. The van der Waals surface area contributed by atoms with Crippen molar-refractivity contribution in [3.05, 3.63) is 284 Å². The maximum absolute atomic E-state index is 2.51. The van der Waals surface area contributed by atoms with E-state index in [0.29, 0.717) is 0 Å². The number of rotatable bonds is 9. The Morgan fingerprint density at radius 1 is 0.329 bits per heavy atom. The van der Waals surface area contributed by atoms with Crippen LogP contribution in [0.15, 0.2) is 273 Å². The van der Waals surface area contributed by atoms with Gasteiger partial charge in [-0.25, -0.2) is 0 Å². The second kappa shape index (κ2) is 17.2. The third-order valence-corrected chi connectivity index (χ3v) is 16.3. The van der Waals surface area contributed by atoms with Crippen LogP contribution in [0.3, 0.4) is 0 Å². The number of nitrogens with zero attached hydrogens (tertiary/aromatic N) is 3. The lowest BCUT2D eigenvalue weighted by Crippen LogP contribution is -2.17. The molecule has 0 saturated carbocycles. The van der Waals surface area contributed by atoms with Crippen molar-refractivity contribution in [2.45, 2.75) is 19.3 Å². The minimum Gasteiger partial charge on any atom is -0.310 e. The first-order valence-corrected chi connectivity index (χ1v) is 26.4. The van der Waals surface area contributed by atoms with Gasteiger partial charge in [-0.3, -0.25) is 0 Å². The topological polar surface area (TPSA) is 11.4 Å². The molecular weight excluding hydrogens is 919 g/mol. The first-order valence-electron chi connectivity index (χ1n) is 26.4. The molecule has 0 spiro atoms. The molecule has 2 aliphatic carbocycles. The maximum Gasteiger partial charge on any atom is 0.0626 e. The maximum atomic E-state index is 2.51. The molecule has 0 bridgehead atoms. The molecule has 15 rings (SSSR count). The molecule has 1 aromatic heterocycles. The average Bonchev–Trinajstić information content (AvgIpc) is 4.25. The molecule has 0 aliphatic heterocycles. The highest BCUT2D eigenvalue weighted by Crippen LogP contribution is 2.56. The van der Waals surface area contributed by atoms with Crippen LogP contribution in [0.1, 0.15) is 25.0 Å². The molecule has 2 aliphatic rings. The van der Waals surface area contributed by atoms with Gasteiger partial charge in [-0.05, 0) is 151 Å². The van der Waals surface area contributed by atoms with Crippen molar-refractivity contribution in [1.29, 1.82) is 0 Å². The molecule has 0 unspecified atom stereocenters. The monoisotopic (exact) mass is 969 g/mol. The Bertz CT molecular complexity index is 4410. The van der Waals surface area contributed by atoms with Gasteiger partial charge in [-0.15, -0.1) is 0 Å². The third-order valence-electron chi connectivity index (χ3n) is 16.3. The molecule has 0 amide bonds. The van der Waals surface area contributed by atoms with Gasteiger partial charge in [0.1, 0.15) is 0 Å². The quantitative estimate of drug-likeness (QED) is 0.143. The number of aromatic nitrogens is 1. The highest BCUT2D eigenvalue weighted by molar-refractivity contribution is 6.22. The molecule has 12 aromatic carbocycles. The van der Waals surface area contributed by atoms with Gasteiger partial charge in [0.25, 0.3) is 0 Å². The molecule has 3 heteroatoms. The number of fused-ring (bicyclic) bond motifs is 9. The zero-order chi connectivity index (χ0) is 50.5. The van der Waals surface area contributed by atoms with E-state index < -0.39 is 0 Å². The third kappa shape index (κ3) is 6.82. The largest absolute Gasteiger partial charge is 0.310 e. The molecule has 0 saturated heterocycles. The first kappa shape index (κ1) is 43.8. The van der Waals surface area contributed by atoms with Gasteiger partial charge in [0.15, 0.2) is 0 Å². The average molecular weight is 970 g/mol. The van der Waals surface area contributed by atoms with Crippen LogP contribution in [0.25, 0.3) is 93.9 Å². The predicted octanol–water partition coefficient (Wildman–Crippen LogP) is 20.2. The summed E-state index contributed by atoms with van der Waals surface area (Å²) in [6.07, 6.45) is 0. The van der Waals surface area contributed by atoms with E-state index >= 15 is 0 Å². The van der Waals surface area contributed by atoms with Gasteiger partial charge < -0.3 is 14.4 Å². The van der Waals surface area contributed by atoms with Crippen molar-refractivity contribution in [2.75, 3.05) is 9.80 Å². The number of para-hydroxylation sites is 1. The summed E-state index contributed by atoms with van der Waals surface area (Å²) >= 11 is 0. The van der Waals surface area contributed by atoms with Crippen LogP contribution in [0.2, 0.25) is 0 Å². The van der Waals surface area contributed by atoms with Gasteiger partial charge in [-0.2, -0.15) is 0 Å². The van der Waals surface area contributed by atoms with Crippen molar-refractivity contribution in [3.63, 3.8) is 0 Å². The smallest absolute Gasteiger partial charge is 0.0626 e. The van der Waals surface area contributed by atoms with E-state index in [-0.39, 0.29) is 5.41 Å². The highest BCUT2D eigenvalue weighted by atomic mass is 15.2.